The molecule has 176 valence electrons. The van der Waals surface area contributed by atoms with Gasteiger partial charge < -0.3 is 10.6 Å². The molecular weight excluding hydrogens is 458 g/mol. The van der Waals surface area contributed by atoms with Crippen LogP contribution in [0.1, 0.15) is 27.7 Å². The van der Waals surface area contributed by atoms with E-state index in [-0.39, 0.29) is 35.0 Å². The maximum absolute atomic E-state index is 13.2. The van der Waals surface area contributed by atoms with E-state index in [0.29, 0.717) is 13.1 Å². The van der Waals surface area contributed by atoms with Crippen LogP contribution in [-0.2, 0) is 11.3 Å². The Morgan fingerprint density at radius 1 is 1.18 bits per heavy atom. The number of H-pyrrole nitrogens is 1. The number of carbonyl (C=O) groups is 1. The summed E-state index contributed by atoms with van der Waals surface area (Å²) in [5.41, 5.74) is 6.93. The number of nitrogens with two attached hydrogens (primary N) is 1. The standard InChI is InChI=1S/C23H29N5O3S2/c1-14(2)10-27(19-20(24)28(11-15(3)4)22(31)26-21(19)30)18(29)13-33-23-25-17(12-32-23)16-8-6-5-7-9-16/h5-9,12,14-15H,10-11,13,24H2,1-4H3,(H,26,30,31). The van der Waals surface area contributed by atoms with Gasteiger partial charge in [0, 0.05) is 24.0 Å². The van der Waals surface area contributed by atoms with E-state index in [0.717, 1.165) is 15.6 Å². The summed E-state index contributed by atoms with van der Waals surface area (Å²) in [5.74, 6) is 0.0654. The van der Waals surface area contributed by atoms with Crippen molar-refractivity contribution in [2.24, 2.45) is 11.8 Å². The number of carbonyl (C=O) groups excluding carboxylic acids is 1. The van der Waals surface area contributed by atoms with E-state index in [1.165, 1.54) is 32.6 Å². The summed E-state index contributed by atoms with van der Waals surface area (Å²) in [7, 11) is 0. The van der Waals surface area contributed by atoms with Crippen molar-refractivity contribution in [3.05, 3.63) is 56.5 Å². The molecule has 0 saturated carbocycles. The molecule has 1 amide bonds. The first kappa shape index (κ1) is 24.8. The maximum Gasteiger partial charge on any atom is 0.330 e. The topological polar surface area (TPSA) is 114 Å². The molecule has 0 fully saturated rings. The molecule has 0 unspecified atom stereocenters. The van der Waals surface area contributed by atoms with E-state index < -0.39 is 11.2 Å². The third kappa shape index (κ3) is 6.14. The van der Waals surface area contributed by atoms with Gasteiger partial charge in [0.25, 0.3) is 5.56 Å². The minimum atomic E-state index is -0.655. The molecule has 10 heteroatoms. The van der Waals surface area contributed by atoms with Crippen LogP contribution in [0.3, 0.4) is 0 Å². The summed E-state index contributed by atoms with van der Waals surface area (Å²) < 4.78 is 2.08. The van der Waals surface area contributed by atoms with Crippen LogP contribution < -0.4 is 21.9 Å². The Bertz CT molecular complexity index is 1210. The van der Waals surface area contributed by atoms with E-state index in [2.05, 4.69) is 9.97 Å². The number of thioether (sulfide) groups is 1. The molecule has 3 N–H and O–H groups in total. The van der Waals surface area contributed by atoms with Gasteiger partial charge in [0.15, 0.2) is 10.0 Å². The highest BCUT2D eigenvalue weighted by molar-refractivity contribution is 8.01. The lowest BCUT2D eigenvalue weighted by molar-refractivity contribution is -0.116. The molecule has 8 nitrogen and oxygen atoms in total. The molecule has 1 aromatic carbocycles. The smallest absolute Gasteiger partial charge is 0.330 e. The van der Waals surface area contributed by atoms with Crippen molar-refractivity contribution in [2.75, 3.05) is 22.9 Å². The average Bonchev–Trinajstić information content (AvgIpc) is 3.23. The largest absolute Gasteiger partial charge is 0.383 e. The summed E-state index contributed by atoms with van der Waals surface area (Å²) in [6, 6.07) is 9.83. The molecule has 0 radical (unpaired) electrons. The van der Waals surface area contributed by atoms with E-state index in [9.17, 15) is 14.4 Å². The Hall–Kier alpha value is -2.85. The summed E-state index contributed by atoms with van der Waals surface area (Å²) >= 11 is 2.79. The first-order chi connectivity index (χ1) is 15.7. The van der Waals surface area contributed by atoms with Crippen molar-refractivity contribution in [3.8, 4) is 11.3 Å². The highest BCUT2D eigenvalue weighted by atomic mass is 32.2. The molecular formula is C23H29N5O3S2. The number of aromatic nitrogens is 3. The zero-order valence-corrected chi connectivity index (χ0v) is 20.8. The highest BCUT2D eigenvalue weighted by Crippen LogP contribution is 2.29. The van der Waals surface area contributed by atoms with Crippen molar-refractivity contribution in [3.63, 3.8) is 0 Å². The second kappa shape index (κ2) is 10.8. The van der Waals surface area contributed by atoms with Crippen LogP contribution in [0.5, 0.6) is 0 Å². The van der Waals surface area contributed by atoms with Gasteiger partial charge in [-0.05, 0) is 11.8 Å². The molecule has 0 spiro atoms. The molecule has 33 heavy (non-hydrogen) atoms. The molecule has 0 aliphatic heterocycles. The fourth-order valence-corrected chi connectivity index (χ4v) is 5.05. The van der Waals surface area contributed by atoms with Crippen LogP contribution in [0.15, 0.2) is 49.6 Å². The Kier molecular flexibility index (Phi) is 8.15. The second-order valence-corrected chi connectivity index (χ2v) is 10.6. The number of nitrogen functional groups attached to an aromatic ring is 1. The lowest BCUT2D eigenvalue weighted by atomic mass is 10.2. The zero-order chi connectivity index (χ0) is 24.1. The number of nitrogens with zero attached hydrogens (tertiary/aromatic N) is 3. The molecule has 0 aliphatic rings. The fourth-order valence-electron chi connectivity index (χ4n) is 3.33. The first-order valence-electron chi connectivity index (χ1n) is 10.7. The summed E-state index contributed by atoms with van der Waals surface area (Å²) in [5, 5.41) is 1.96. The quantitative estimate of drug-likeness (QED) is 0.445. The van der Waals surface area contributed by atoms with Gasteiger partial charge in [0.05, 0.1) is 11.4 Å². The van der Waals surface area contributed by atoms with Crippen molar-refractivity contribution < 1.29 is 4.79 Å². The summed E-state index contributed by atoms with van der Waals surface area (Å²) in [6.07, 6.45) is 0. The average molecular weight is 488 g/mol. The van der Waals surface area contributed by atoms with Gasteiger partial charge in [-0.25, -0.2) is 9.78 Å². The Labute approximate surface area is 200 Å². The molecule has 2 heterocycles. The van der Waals surface area contributed by atoms with Gasteiger partial charge in [-0.15, -0.1) is 11.3 Å². The Balaban J connectivity index is 1.85. The maximum atomic E-state index is 13.2. The summed E-state index contributed by atoms with van der Waals surface area (Å²) in [4.78, 5) is 46.6. The molecule has 0 saturated heterocycles. The van der Waals surface area contributed by atoms with E-state index in [1.54, 1.807) is 0 Å². The predicted octanol–water partition coefficient (Wildman–Crippen LogP) is 3.68. The zero-order valence-electron chi connectivity index (χ0n) is 19.2. The highest BCUT2D eigenvalue weighted by Gasteiger charge is 2.25. The monoisotopic (exact) mass is 487 g/mol. The number of thiazole rings is 1. The third-order valence-corrected chi connectivity index (χ3v) is 6.76. The molecule has 3 rings (SSSR count). The van der Waals surface area contributed by atoms with Gasteiger partial charge in [-0.1, -0.05) is 69.8 Å². The van der Waals surface area contributed by atoms with Gasteiger partial charge >= 0.3 is 5.69 Å². The number of amides is 1. The van der Waals surface area contributed by atoms with Crippen molar-refractivity contribution >= 4 is 40.5 Å². The van der Waals surface area contributed by atoms with E-state index in [4.69, 9.17) is 5.73 Å². The minimum absolute atomic E-state index is 0.0112. The van der Waals surface area contributed by atoms with Crippen molar-refractivity contribution in [2.45, 2.75) is 38.6 Å². The Morgan fingerprint density at radius 2 is 1.88 bits per heavy atom. The second-order valence-electron chi connectivity index (χ2n) is 8.55. The molecule has 3 aromatic rings. The summed E-state index contributed by atoms with van der Waals surface area (Å²) in [6.45, 7) is 8.45. The SMILES string of the molecule is CC(C)CN(C(=O)CSc1nc(-c2ccccc2)cs1)c1c(N)n(CC(C)C)c(=O)[nH]c1=O. The van der Waals surface area contributed by atoms with Gasteiger partial charge in [-0.2, -0.15) is 0 Å². The number of nitrogens with one attached hydrogen (secondary N) is 1. The first-order valence-corrected chi connectivity index (χ1v) is 12.6. The molecule has 0 aliphatic carbocycles. The van der Waals surface area contributed by atoms with Crippen LogP contribution in [0.25, 0.3) is 11.3 Å². The lowest BCUT2D eigenvalue weighted by Crippen LogP contribution is -2.43. The number of aromatic amines is 1. The van der Waals surface area contributed by atoms with Gasteiger partial charge in [0.1, 0.15) is 5.82 Å². The van der Waals surface area contributed by atoms with Crippen LogP contribution in [-0.4, -0.2) is 32.7 Å². The minimum Gasteiger partial charge on any atom is -0.383 e. The molecule has 2 aromatic heterocycles. The molecule has 0 bridgehead atoms. The lowest BCUT2D eigenvalue weighted by Gasteiger charge is -2.26. The van der Waals surface area contributed by atoms with E-state index in [1.807, 2.05) is 63.4 Å². The van der Waals surface area contributed by atoms with Crippen LogP contribution >= 0.6 is 23.1 Å². The van der Waals surface area contributed by atoms with Crippen molar-refractivity contribution in [1.82, 2.24) is 14.5 Å². The van der Waals surface area contributed by atoms with Gasteiger partial charge in [0.2, 0.25) is 5.91 Å². The van der Waals surface area contributed by atoms with Crippen molar-refractivity contribution in [1.29, 1.82) is 0 Å². The van der Waals surface area contributed by atoms with Crippen LogP contribution in [0.2, 0.25) is 0 Å². The van der Waals surface area contributed by atoms with Crippen LogP contribution in [0.4, 0.5) is 11.5 Å². The van der Waals surface area contributed by atoms with Crippen LogP contribution in [0, 0.1) is 11.8 Å². The number of rotatable bonds is 9. The predicted molar refractivity (Wildman–Crippen MR) is 136 cm³/mol. The third-order valence-electron chi connectivity index (χ3n) is 4.75. The molecule has 0 atom stereocenters. The number of benzene rings is 1. The van der Waals surface area contributed by atoms with E-state index >= 15 is 0 Å². The normalized spacial score (nSPS) is 11.3. The number of anilines is 2. The fraction of sp³-hybridized carbons (Fsp3) is 0.391. The number of hydrogen-bond donors (Lipinski definition) is 2. The Morgan fingerprint density at radius 3 is 2.52 bits per heavy atom. The number of hydrogen-bond acceptors (Lipinski definition) is 7. The van der Waals surface area contributed by atoms with Gasteiger partial charge in [-0.3, -0.25) is 19.1 Å².